The molecule has 3 rings (SSSR count). The van der Waals surface area contributed by atoms with Crippen LogP contribution < -0.4 is 11.2 Å². The summed E-state index contributed by atoms with van der Waals surface area (Å²) in [6, 6.07) is 7.92. The number of hydrogen-bond donors (Lipinski definition) is 2. The van der Waals surface area contributed by atoms with Crippen molar-refractivity contribution in [3.05, 3.63) is 24.3 Å². The summed E-state index contributed by atoms with van der Waals surface area (Å²) >= 11 is 0. The molecule has 0 unspecified atom stereocenters. The fourth-order valence-corrected chi connectivity index (χ4v) is 2.34. The number of fused-ring (bicyclic) bond motifs is 1. The molecular formula is C13H17N5. The van der Waals surface area contributed by atoms with Gasteiger partial charge in [0.2, 0.25) is 5.95 Å². The predicted molar refractivity (Wildman–Crippen MR) is 73.0 cm³/mol. The zero-order valence-corrected chi connectivity index (χ0v) is 10.3. The van der Waals surface area contributed by atoms with Crippen molar-refractivity contribution in [3.63, 3.8) is 0 Å². The summed E-state index contributed by atoms with van der Waals surface area (Å²) in [6.07, 6.45) is 3.77. The predicted octanol–water partition coefficient (Wildman–Crippen LogP) is 2.02. The summed E-state index contributed by atoms with van der Waals surface area (Å²) in [5.41, 5.74) is 10.00. The van der Waals surface area contributed by atoms with E-state index in [4.69, 9.17) is 5.73 Å². The van der Waals surface area contributed by atoms with E-state index in [1.54, 1.807) is 0 Å². The molecule has 1 aromatic carbocycles. The minimum absolute atomic E-state index is 0.313. The molecule has 0 amide bonds. The van der Waals surface area contributed by atoms with E-state index >= 15 is 0 Å². The van der Waals surface area contributed by atoms with Gasteiger partial charge in [-0.3, -0.25) is 0 Å². The van der Waals surface area contributed by atoms with Crippen LogP contribution in [0.25, 0.3) is 10.9 Å². The smallest absolute Gasteiger partial charge is 0.222 e. The maximum atomic E-state index is 5.75. The van der Waals surface area contributed by atoms with Crippen LogP contribution in [0.5, 0.6) is 0 Å². The van der Waals surface area contributed by atoms with E-state index < -0.39 is 0 Å². The molecule has 1 aromatic heterocycles. The first-order chi connectivity index (χ1) is 8.83. The normalized spacial score (nSPS) is 16.9. The van der Waals surface area contributed by atoms with Crippen LogP contribution >= 0.6 is 0 Å². The summed E-state index contributed by atoms with van der Waals surface area (Å²) in [6.45, 7) is 2.11. The third-order valence-corrected chi connectivity index (χ3v) is 3.24. The van der Waals surface area contributed by atoms with Crippen molar-refractivity contribution >= 4 is 22.7 Å². The molecule has 0 aliphatic carbocycles. The fraction of sp³-hybridized carbons (Fsp3) is 0.385. The number of anilines is 2. The van der Waals surface area contributed by atoms with Gasteiger partial charge in [-0.25, -0.2) is 9.99 Å². The van der Waals surface area contributed by atoms with Gasteiger partial charge in [0.15, 0.2) is 5.82 Å². The monoisotopic (exact) mass is 243 g/mol. The van der Waals surface area contributed by atoms with Gasteiger partial charge in [-0.1, -0.05) is 18.6 Å². The Labute approximate surface area is 106 Å². The van der Waals surface area contributed by atoms with Crippen LogP contribution in [0.15, 0.2) is 24.3 Å². The fourth-order valence-electron chi connectivity index (χ4n) is 2.34. The first-order valence-electron chi connectivity index (χ1n) is 6.37. The second kappa shape index (κ2) is 4.78. The topological polar surface area (TPSA) is 67.1 Å². The third kappa shape index (κ3) is 2.22. The van der Waals surface area contributed by atoms with E-state index in [1.165, 1.54) is 19.3 Å². The van der Waals surface area contributed by atoms with Crippen LogP contribution in [0.4, 0.5) is 11.8 Å². The molecule has 0 radical (unpaired) electrons. The summed E-state index contributed by atoms with van der Waals surface area (Å²) in [4.78, 5) is 8.55. The van der Waals surface area contributed by atoms with Crippen molar-refractivity contribution in [2.75, 3.05) is 24.2 Å². The molecule has 5 nitrogen and oxygen atoms in total. The van der Waals surface area contributed by atoms with Crippen molar-refractivity contribution in [2.24, 2.45) is 0 Å². The van der Waals surface area contributed by atoms with Gasteiger partial charge >= 0.3 is 0 Å². The Morgan fingerprint density at radius 1 is 1.06 bits per heavy atom. The molecule has 2 heterocycles. The first-order valence-corrected chi connectivity index (χ1v) is 6.37. The van der Waals surface area contributed by atoms with Gasteiger partial charge in [0.05, 0.1) is 5.52 Å². The lowest BCUT2D eigenvalue weighted by molar-refractivity contribution is 0.272. The summed E-state index contributed by atoms with van der Waals surface area (Å²) in [5, 5.41) is 3.22. The Kier molecular flexibility index (Phi) is 2.98. The van der Waals surface area contributed by atoms with Gasteiger partial charge in [0.1, 0.15) is 0 Å². The van der Waals surface area contributed by atoms with E-state index in [-0.39, 0.29) is 0 Å². The Hall–Kier alpha value is -1.88. The number of benzene rings is 1. The van der Waals surface area contributed by atoms with Crippen LogP contribution in [0.3, 0.4) is 0 Å². The lowest BCUT2D eigenvalue weighted by Gasteiger charge is -2.27. The van der Waals surface area contributed by atoms with Gasteiger partial charge in [-0.2, -0.15) is 4.98 Å². The molecule has 1 aliphatic rings. The number of hydrogen-bond acceptors (Lipinski definition) is 5. The second-order valence-electron chi connectivity index (χ2n) is 4.61. The molecule has 0 spiro atoms. The molecule has 5 heteroatoms. The molecule has 3 N–H and O–H groups in total. The summed E-state index contributed by atoms with van der Waals surface area (Å²) in [7, 11) is 0. The number of aromatic nitrogens is 2. The minimum Gasteiger partial charge on any atom is -0.368 e. The maximum Gasteiger partial charge on any atom is 0.222 e. The summed E-state index contributed by atoms with van der Waals surface area (Å²) in [5.74, 6) is 1.12. The van der Waals surface area contributed by atoms with Crippen molar-refractivity contribution in [1.29, 1.82) is 0 Å². The summed E-state index contributed by atoms with van der Waals surface area (Å²) < 4.78 is 0. The number of nitrogens with zero attached hydrogens (tertiary/aromatic N) is 3. The zero-order valence-electron chi connectivity index (χ0n) is 10.3. The van der Waals surface area contributed by atoms with Gasteiger partial charge in [0.25, 0.3) is 0 Å². The third-order valence-electron chi connectivity index (χ3n) is 3.24. The minimum atomic E-state index is 0.313. The number of nitrogen functional groups attached to an aromatic ring is 1. The van der Waals surface area contributed by atoms with E-state index in [9.17, 15) is 0 Å². The quantitative estimate of drug-likeness (QED) is 0.844. The van der Waals surface area contributed by atoms with Crippen LogP contribution in [0.2, 0.25) is 0 Å². The number of para-hydroxylation sites is 1. The molecule has 1 fully saturated rings. The maximum absolute atomic E-state index is 5.75. The number of hydrazine groups is 1. The average molecular weight is 243 g/mol. The Bertz CT molecular complexity index is 548. The zero-order chi connectivity index (χ0) is 12.4. The highest BCUT2D eigenvalue weighted by molar-refractivity contribution is 5.89. The molecule has 0 atom stereocenters. The van der Waals surface area contributed by atoms with Gasteiger partial charge < -0.3 is 11.2 Å². The Morgan fingerprint density at radius 3 is 2.67 bits per heavy atom. The van der Waals surface area contributed by atoms with Crippen LogP contribution in [0, 0.1) is 0 Å². The van der Waals surface area contributed by atoms with Crippen molar-refractivity contribution < 1.29 is 0 Å². The molecule has 1 aliphatic heterocycles. The van der Waals surface area contributed by atoms with Crippen molar-refractivity contribution in [3.8, 4) is 0 Å². The number of piperidine rings is 1. The van der Waals surface area contributed by atoms with Gasteiger partial charge in [0, 0.05) is 18.5 Å². The van der Waals surface area contributed by atoms with Crippen LogP contribution in [-0.2, 0) is 0 Å². The molecular weight excluding hydrogens is 226 g/mol. The molecule has 1 saturated heterocycles. The molecule has 94 valence electrons. The molecule has 2 aromatic rings. The lowest BCUT2D eigenvalue weighted by Crippen LogP contribution is -2.35. The molecule has 0 saturated carbocycles. The number of rotatable bonds is 2. The number of nitrogens with two attached hydrogens (primary N) is 1. The lowest BCUT2D eigenvalue weighted by atomic mass is 10.2. The standard InChI is InChI=1S/C13H17N5/c14-13-15-11-7-3-2-6-10(11)12(16-13)17-18-8-4-1-5-9-18/h2-3,6-7H,1,4-5,8-9H2,(H3,14,15,16,17). The molecule has 0 bridgehead atoms. The highest BCUT2D eigenvalue weighted by Gasteiger charge is 2.12. The highest BCUT2D eigenvalue weighted by atomic mass is 15.5. The van der Waals surface area contributed by atoms with E-state index in [0.29, 0.717) is 5.95 Å². The van der Waals surface area contributed by atoms with Crippen LogP contribution in [-0.4, -0.2) is 28.1 Å². The first kappa shape index (κ1) is 11.2. The average Bonchev–Trinajstić information content (AvgIpc) is 2.40. The number of nitrogens with one attached hydrogen (secondary N) is 1. The van der Waals surface area contributed by atoms with E-state index in [1.807, 2.05) is 24.3 Å². The SMILES string of the molecule is Nc1nc(NN2CCCCC2)c2ccccc2n1. The van der Waals surface area contributed by atoms with Crippen molar-refractivity contribution in [1.82, 2.24) is 15.0 Å². The highest BCUT2D eigenvalue weighted by Crippen LogP contribution is 2.22. The van der Waals surface area contributed by atoms with Crippen LogP contribution in [0.1, 0.15) is 19.3 Å². The Balaban J connectivity index is 1.94. The van der Waals surface area contributed by atoms with Gasteiger partial charge in [-0.05, 0) is 25.0 Å². The largest absolute Gasteiger partial charge is 0.368 e. The van der Waals surface area contributed by atoms with E-state index in [2.05, 4.69) is 20.4 Å². The van der Waals surface area contributed by atoms with Crippen molar-refractivity contribution in [2.45, 2.75) is 19.3 Å². The second-order valence-corrected chi connectivity index (χ2v) is 4.61. The van der Waals surface area contributed by atoms with Gasteiger partial charge in [-0.15, -0.1) is 0 Å². The molecule has 18 heavy (non-hydrogen) atoms. The van der Waals surface area contributed by atoms with E-state index in [0.717, 1.165) is 29.8 Å². The Morgan fingerprint density at radius 2 is 1.83 bits per heavy atom.